The van der Waals surface area contributed by atoms with Crippen molar-refractivity contribution < 1.29 is 33.8 Å². The molecule has 0 unspecified atom stereocenters. The number of hydrogen-bond donors (Lipinski definition) is 5. The van der Waals surface area contributed by atoms with Crippen molar-refractivity contribution in [3.05, 3.63) is 18.7 Å². The van der Waals surface area contributed by atoms with Crippen LogP contribution in [0.15, 0.2) is 18.7 Å². The largest absolute Gasteiger partial charge is 0.371 e. The molecule has 0 fully saturated rings. The Labute approximate surface area is 107 Å². The van der Waals surface area contributed by atoms with Gasteiger partial charge in [-0.2, -0.15) is 0 Å². The molecular weight excluding hydrogens is 289 g/mol. The van der Waals surface area contributed by atoms with Crippen molar-refractivity contribution in [2.24, 2.45) is 0 Å². The summed E-state index contributed by atoms with van der Waals surface area (Å²) in [5.41, 5.74) is 0. The van der Waals surface area contributed by atoms with Crippen molar-refractivity contribution in [1.82, 2.24) is 9.55 Å². The minimum absolute atomic E-state index is 0. The Kier molecular flexibility index (Phi) is 5.33. The van der Waals surface area contributed by atoms with Gasteiger partial charge in [0.15, 0.2) is 17.4 Å². The van der Waals surface area contributed by atoms with Gasteiger partial charge in [0.25, 0.3) is 5.08 Å². The zero-order valence-electron chi connectivity index (χ0n) is 7.78. The molecule has 1 rings (SSSR count). The van der Waals surface area contributed by atoms with E-state index in [2.05, 4.69) is 4.98 Å². The third-order valence-electron chi connectivity index (χ3n) is 1.89. The first-order valence-corrected chi connectivity index (χ1v) is 7.10. The predicted molar refractivity (Wildman–Crippen MR) is 61.2 cm³/mol. The Morgan fingerprint density at radius 1 is 1.18 bits per heavy atom. The van der Waals surface area contributed by atoms with Crippen LogP contribution >= 0.6 is 15.2 Å². The normalized spacial score (nSPS) is 13.2. The van der Waals surface area contributed by atoms with Crippen LogP contribution in [0.4, 0.5) is 0 Å². The molecule has 0 aromatic carbocycles. The number of imidazole rings is 1. The molecule has 0 aliphatic rings. The van der Waals surface area contributed by atoms with Crippen LogP contribution in [-0.4, -0.2) is 56.7 Å². The van der Waals surface area contributed by atoms with E-state index in [1.165, 1.54) is 12.4 Å². The van der Waals surface area contributed by atoms with Crippen LogP contribution < -0.4 is 0 Å². The highest BCUT2D eigenvalue weighted by atomic mass is 31.2. The Bertz CT molecular complexity index is 429. The van der Waals surface area contributed by atoms with E-state index in [1.54, 1.807) is 0 Å². The van der Waals surface area contributed by atoms with Gasteiger partial charge in [-0.25, -0.2) is 4.98 Å². The second-order valence-corrected chi connectivity index (χ2v) is 7.11. The number of aliphatic hydroxyl groups is 1. The highest BCUT2D eigenvalue weighted by Gasteiger charge is 2.59. The molecule has 1 aromatic heterocycles. The molecule has 0 atom stereocenters. The molecule has 1 aromatic rings. The third kappa shape index (κ3) is 3.49. The second-order valence-electron chi connectivity index (χ2n) is 3.10. The molecule has 0 radical (unpaired) electrons. The first-order valence-electron chi connectivity index (χ1n) is 3.87. The minimum atomic E-state index is -5.41. The zero-order valence-corrected chi connectivity index (χ0v) is 9.57. The van der Waals surface area contributed by atoms with Crippen LogP contribution in [0.3, 0.4) is 0 Å². The molecule has 0 aliphatic heterocycles. The lowest BCUT2D eigenvalue weighted by Gasteiger charge is -2.29. The van der Waals surface area contributed by atoms with Crippen molar-refractivity contribution in [2.45, 2.75) is 11.6 Å². The number of nitrogens with zero attached hydrogens (tertiary/aromatic N) is 2. The molecule has 0 saturated carbocycles. The molecule has 0 amide bonds. The van der Waals surface area contributed by atoms with Crippen molar-refractivity contribution >= 4 is 32.6 Å². The van der Waals surface area contributed by atoms with Gasteiger partial charge in [0, 0.05) is 12.4 Å². The maximum atomic E-state index is 10.9. The van der Waals surface area contributed by atoms with E-state index < -0.39 is 26.8 Å². The lowest BCUT2D eigenvalue weighted by atomic mass is 10.6. The fraction of sp³-hybridized carbons (Fsp3) is 0.400. The van der Waals surface area contributed by atoms with Crippen LogP contribution in [0.1, 0.15) is 0 Å². The summed E-state index contributed by atoms with van der Waals surface area (Å²) in [6.45, 7) is -0.957. The molecular formula is C5H13AlN2O7P2. The summed E-state index contributed by atoms with van der Waals surface area (Å²) in [6, 6.07) is 0. The third-order valence-corrected chi connectivity index (χ3v) is 5.60. The van der Waals surface area contributed by atoms with Gasteiger partial charge < -0.3 is 29.2 Å². The van der Waals surface area contributed by atoms with Gasteiger partial charge in [0.2, 0.25) is 0 Å². The summed E-state index contributed by atoms with van der Waals surface area (Å²) in [5, 5.41) is 6.04. The molecule has 12 heteroatoms. The first-order chi connectivity index (χ1) is 7.08. The highest BCUT2D eigenvalue weighted by Crippen LogP contribution is 2.67. The molecule has 98 valence electrons. The molecule has 17 heavy (non-hydrogen) atoms. The van der Waals surface area contributed by atoms with Gasteiger partial charge in [-0.1, -0.05) is 0 Å². The van der Waals surface area contributed by atoms with E-state index in [4.69, 9.17) is 19.6 Å². The van der Waals surface area contributed by atoms with E-state index in [-0.39, 0.29) is 17.4 Å². The molecule has 0 spiro atoms. The van der Waals surface area contributed by atoms with Crippen molar-refractivity contribution in [2.75, 3.05) is 0 Å². The zero-order chi connectivity index (χ0) is 12.6. The van der Waals surface area contributed by atoms with Crippen LogP contribution in [-0.2, 0) is 15.7 Å². The topological polar surface area (TPSA) is 153 Å². The van der Waals surface area contributed by atoms with E-state index >= 15 is 0 Å². The lowest BCUT2D eigenvalue weighted by molar-refractivity contribution is 0.115. The van der Waals surface area contributed by atoms with Gasteiger partial charge in [-0.3, -0.25) is 9.13 Å². The highest BCUT2D eigenvalue weighted by molar-refractivity contribution is 7.72. The summed E-state index contributed by atoms with van der Waals surface area (Å²) in [5.74, 6) is 0. The maximum absolute atomic E-state index is 10.9. The molecule has 9 nitrogen and oxygen atoms in total. The molecule has 0 aliphatic carbocycles. The van der Waals surface area contributed by atoms with Gasteiger partial charge in [0.1, 0.15) is 0 Å². The van der Waals surface area contributed by atoms with Crippen LogP contribution in [0, 0.1) is 0 Å². The smallest absolute Gasteiger partial charge is 0.366 e. The van der Waals surface area contributed by atoms with E-state index in [1.807, 2.05) is 0 Å². The minimum Gasteiger partial charge on any atom is -0.366 e. The van der Waals surface area contributed by atoms with Gasteiger partial charge in [-0.05, 0) is 0 Å². The number of rotatable bonds is 4. The van der Waals surface area contributed by atoms with Crippen molar-refractivity contribution in [3.63, 3.8) is 0 Å². The van der Waals surface area contributed by atoms with Crippen molar-refractivity contribution in [3.8, 4) is 0 Å². The Hall–Kier alpha value is 0.00247. The van der Waals surface area contributed by atoms with E-state index in [9.17, 15) is 14.2 Å². The van der Waals surface area contributed by atoms with E-state index in [0.717, 1.165) is 10.9 Å². The number of hydrogen-bond acceptors (Lipinski definition) is 4. The predicted octanol–water partition coefficient (Wildman–Crippen LogP) is -2.30. The summed E-state index contributed by atoms with van der Waals surface area (Å²) in [7, 11) is -10.8. The fourth-order valence-electron chi connectivity index (χ4n) is 0.979. The summed E-state index contributed by atoms with van der Waals surface area (Å²) in [4.78, 5) is 38.7. The quantitative estimate of drug-likeness (QED) is 0.307. The van der Waals surface area contributed by atoms with Gasteiger partial charge >= 0.3 is 15.2 Å². The van der Waals surface area contributed by atoms with Crippen molar-refractivity contribution in [1.29, 1.82) is 0 Å². The maximum Gasteiger partial charge on any atom is 0.371 e. The van der Waals surface area contributed by atoms with Crippen LogP contribution in [0.2, 0.25) is 0 Å². The van der Waals surface area contributed by atoms with Gasteiger partial charge in [-0.15, -0.1) is 0 Å². The fourth-order valence-corrected chi connectivity index (χ4v) is 3.03. The molecule has 5 N–H and O–H groups in total. The monoisotopic (exact) mass is 302 g/mol. The van der Waals surface area contributed by atoms with E-state index in [0.29, 0.717) is 0 Å². The van der Waals surface area contributed by atoms with Crippen LogP contribution in [0.25, 0.3) is 0 Å². The van der Waals surface area contributed by atoms with Crippen LogP contribution in [0.5, 0.6) is 0 Å². The Morgan fingerprint density at radius 2 is 1.65 bits per heavy atom. The summed E-state index contributed by atoms with van der Waals surface area (Å²) >= 11 is 0. The molecule has 1 heterocycles. The summed E-state index contributed by atoms with van der Waals surface area (Å²) in [6.07, 6.45) is 3.51. The van der Waals surface area contributed by atoms with Gasteiger partial charge in [0.05, 0.1) is 12.9 Å². The standard InChI is InChI=1S/C5H10N2O7P2.Al.3H/c8-5(15(9,10)11,16(12,13)14)3-7-2-1-6-4-7;;;;/h1-2,4,8H,3H2,(H2,9,10,11)(H2,12,13,14);;;;. The molecule has 0 bridgehead atoms. The Balaban J connectivity index is 0.00000256. The Morgan fingerprint density at radius 3 is 1.94 bits per heavy atom. The number of aromatic nitrogens is 2. The first kappa shape index (κ1) is 17.0. The molecule has 0 saturated heterocycles. The average molecular weight is 302 g/mol. The lowest BCUT2D eigenvalue weighted by Crippen LogP contribution is -2.33. The average Bonchev–Trinajstić information content (AvgIpc) is 2.52. The SMILES string of the molecule is O=P(O)(O)C(O)(Cn1ccnc1)P(=O)(O)O.[AlH3]. The second kappa shape index (κ2) is 5.33. The summed E-state index contributed by atoms with van der Waals surface area (Å²) < 4.78 is 22.8.